The molecule has 0 bridgehead atoms. The highest BCUT2D eigenvalue weighted by Crippen LogP contribution is 2.17. The molecule has 1 atom stereocenters. The predicted molar refractivity (Wildman–Crippen MR) is 98.7 cm³/mol. The molecule has 1 aromatic carbocycles. The first-order valence-corrected chi connectivity index (χ1v) is 8.94. The lowest BCUT2D eigenvalue weighted by Crippen LogP contribution is -2.33. The van der Waals surface area contributed by atoms with Gasteiger partial charge in [0.2, 0.25) is 10.0 Å². The molecule has 2 amide bonds. The van der Waals surface area contributed by atoms with E-state index in [-0.39, 0.29) is 22.0 Å². The zero-order chi connectivity index (χ0) is 18.5. The van der Waals surface area contributed by atoms with Crippen molar-refractivity contribution in [3.05, 3.63) is 63.5 Å². The van der Waals surface area contributed by atoms with E-state index in [4.69, 9.17) is 16.0 Å². The minimum absolute atomic E-state index is 0.0915. The molecule has 0 radical (unpaired) electrons. The van der Waals surface area contributed by atoms with Gasteiger partial charge in [-0.3, -0.25) is 9.59 Å². The number of carbonyl (C=O) groups excluding carboxylic acids is 2. The maximum Gasteiger partial charge on any atom is 0.286 e. The Hall–Kier alpha value is -2.71. The molecule has 7 nitrogen and oxygen atoms in total. The number of hydrogen-bond acceptors (Lipinski definition) is 6. The van der Waals surface area contributed by atoms with Crippen LogP contribution < -0.4 is 10.6 Å². The maximum absolute atomic E-state index is 12.2. The van der Waals surface area contributed by atoms with Crippen molar-refractivity contribution in [3.63, 3.8) is 0 Å². The number of aromatic nitrogens is 2. The van der Waals surface area contributed by atoms with E-state index in [9.17, 15) is 9.59 Å². The third-order valence-electron chi connectivity index (χ3n) is 3.36. The standard InChI is InChI=1S/C17H15ClN4O3S/c1-10(8-13-6-3-7-25-13)19-14(23)16-21-22-17(26-16)15(24)20-12-5-2-4-11(18)9-12/h2-7,9-10H,8H2,1H3,(H,19,23)(H,20,24)/t10-/m1/s1. The second-order valence-corrected chi connectivity index (χ2v) is 6.95. The summed E-state index contributed by atoms with van der Waals surface area (Å²) in [6.45, 7) is 1.86. The van der Waals surface area contributed by atoms with Crippen molar-refractivity contribution in [2.45, 2.75) is 19.4 Å². The van der Waals surface area contributed by atoms with Gasteiger partial charge in [0.25, 0.3) is 11.8 Å². The maximum atomic E-state index is 12.2. The van der Waals surface area contributed by atoms with Crippen LogP contribution in [-0.4, -0.2) is 28.1 Å². The molecule has 26 heavy (non-hydrogen) atoms. The molecule has 0 saturated heterocycles. The van der Waals surface area contributed by atoms with Crippen LogP contribution in [0.2, 0.25) is 5.02 Å². The smallest absolute Gasteiger partial charge is 0.286 e. The average molecular weight is 391 g/mol. The molecule has 3 aromatic rings. The minimum Gasteiger partial charge on any atom is -0.469 e. The van der Waals surface area contributed by atoms with Gasteiger partial charge in [-0.1, -0.05) is 29.0 Å². The predicted octanol–water partition coefficient (Wildman–Crippen LogP) is 3.40. The molecular weight excluding hydrogens is 376 g/mol. The van der Waals surface area contributed by atoms with E-state index >= 15 is 0 Å². The lowest BCUT2D eigenvalue weighted by Gasteiger charge is -2.10. The van der Waals surface area contributed by atoms with E-state index in [2.05, 4.69) is 20.8 Å². The molecule has 3 rings (SSSR count). The van der Waals surface area contributed by atoms with Gasteiger partial charge in [0, 0.05) is 23.2 Å². The van der Waals surface area contributed by atoms with Gasteiger partial charge in [0.05, 0.1) is 6.26 Å². The van der Waals surface area contributed by atoms with Gasteiger partial charge in [-0.25, -0.2) is 0 Å². The summed E-state index contributed by atoms with van der Waals surface area (Å²) in [5.74, 6) is -0.0625. The second-order valence-electron chi connectivity index (χ2n) is 5.53. The highest BCUT2D eigenvalue weighted by Gasteiger charge is 2.19. The summed E-state index contributed by atoms with van der Waals surface area (Å²) in [6.07, 6.45) is 2.14. The number of furan rings is 1. The molecule has 0 aliphatic rings. The monoisotopic (exact) mass is 390 g/mol. The Morgan fingerprint density at radius 2 is 1.96 bits per heavy atom. The summed E-state index contributed by atoms with van der Waals surface area (Å²) in [7, 11) is 0. The first-order chi connectivity index (χ1) is 12.5. The third-order valence-corrected chi connectivity index (χ3v) is 4.52. The van der Waals surface area contributed by atoms with Crippen LogP contribution >= 0.6 is 22.9 Å². The van der Waals surface area contributed by atoms with E-state index in [0.29, 0.717) is 17.1 Å². The SMILES string of the molecule is C[C@H](Cc1ccco1)NC(=O)c1nnc(C(=O)Nc2cccc(Cl)c2)s1. The quantitative estimate of drug-likeness (QED) is 0.672. The Balaban J connectivity index is 1.59. The highest BCUT2D eigenvalue weighted by atomic mass is 35.5. The van der Waals surface area contributed by atoms with Crippen LogP contribution in [0.3, 0.4) is 0 Å². The van der Waals surface area contributed by atoms with Gasteiger partial charge < -0.3 is 15.1 Å². The van der Waals surface area contributed by atoms with Crippen LogP contribution in [0.15, 0.2) is 47.1 Å². The van der Waals surface area contributed by atoms with Gasteiger partial charge in [-0.05, 0) is 37.3 Å². The number of benzene rings is 1. The summed E-state index contributed by atoms with van der Waals surface area (Å²) >= 11 is 6.80. The molecule has 0 saturated carbocycles. The number of halogens is 1. The molecule has 2 N–H and O–H groups in total. The van der Waals surface area contributed by atoms with E-state index in [1.165, 1.54) is 0 Å². The van der Waals surface area contributed by atoms with Gasteiger partial charge in [0.1, 0.15) is 5.76 Å². The Morgan fingerprint density at radius 1 is 1.19 bits per heavy atom. The summed E-state index contributed by atoms with van der Waals surface area (Å²) in [5, 5.41) is 13.8. The van der Waals surface area contributed by atoms with Crippen LogP contribution in [0.25, 0.3) is 0 Å². The van der Waals surface area contributed by atoms with Crippen LogP contribution in [0, 0.1) is 0 Å². The number of carbonyl (C=O) groups is 2. The number of amides is 2. The van der Waals surface area contributed by atoms with Crippen LogP contribution in [0.5, 0.6) is 0 Å². The fourth-order valence-corrected chi connectivity index (χ4v) is 3.06. The van der Waals surface area contributed by atoms with E-state index in [1.54, 1.807) is 36.6 Å². The van der Waals surface area contributed by atoms with Crippen molar-refractivity contribution >= 4 is 40.4 Å². The van der Waals surface area contributed by atoms with Gasteiger partial charge >= 0.3 is 0 Å². The number of hydrogen-bond donors (Lipinski definition) is 2. The van der Waals surface area contributed by atoms with Crippen molar-refractivity contribution in [2.24, 2.45) is 0 Å². The summed E-state index contributed by atoms with van der Waals surface area (Å²) in [5.41, 5.74) is 0.538. The first-order valence-electron chi connectivity index (χ1n) is 7.75. The molecule has 0 unspecified atom stereocenters. The van der Waals surface area contributed by atoms with Gasteiger partial charge in [-0.2, -0.15) is 0 Å². The van der Waals surface area contributed by atoms with Crippen molar-refractivity contribution in [1.82, 2.24) is 15.5 Å². The van der Waals surface area contributed by atoms with Crippen LogP contribution in [-0.2, 0) is 6.42 Å². The Bertz CT molecular complexity index is 910. The molecule has 9 heteroatoms. The summed E-state index contributed by atoms with van der Waals surface area (Å²) < 4.78 is 5.25. The largest absolute Gasteiger partial charge is 0.469 e. The molecule has 134 valence electrons. The molecule has 0 spiro atoms. The Labute approximate surface area is 158 Å². The van der Waals surface area contributed by atoms with Crippen molar-refractivity contribution in [2.75, 3.05) is 5.32 Å². The highest BCUT2D eigenvalue weighted by molar-refractivity contribution is 7.15. The first kappa shape index (κ1) is 18.1. The van der Waals surface area contributed by atoms with E-state index < -0.39 is 5.91 Å². The van der Waals surface area contributed by atoms with Crippen molar-refractivity contribution < 1.29 is 14.0 Å². The third kappa shape index (κ3) is 4.68. The van der Waals surface area contributed by atoms with Crippen molar-refractivity contribution in [1.29, 1.82) is 0 Å². The fraction of sp³-hybridized carbons (Fsp3) is 0.176. The molecule has 0 fully saturated rings. The second kappa shape index (κ2) is 8.11. The van der Waals surface area contributed by atoms with Crippen LogP contribution in [0.1, 0.15) is 32.3 Å². The number of nitrogens with one attached hydrogen (secondary N) is 2. The Kier molecular flexibility index (Phi) is 5.65. The zero-order valence-electron chi connectivity index (χ0n) is 13.7. The molecule has 2 aromatic heterocycles. The number of anilines is 1. The van der Waals surface area contributed by atoms with Gasteiger partial charge in [0.15, 0.2) is 0 Å². The van der Waals surface area contributed by atoms with E-state index in [1.807, 2.05) is 13.0 Å². The molecular formula is C17H15ClN4O3S. The molecule has 0 aliphatic carbocycles. The number of rotatable bonds is 6. The van der Waals surface area contributed by atoms with Gasteiger partial charge in [-0.15, -0.1) is 10.2 Å². The zero-order valence-corrected chi connectivity index (χ0v) is 15.3. The molecule has 0 aliphatic heterocycles. The lowest BCUT2D eigenvalue weighted by molar-refractivity contribution is 0.0937. The Morgan fingerprint density at radius 3 is 2.65 bits per heavy atom. The van der Waals surface area contributed by atoms with E-state index in [0.717, 1.165) is 17.1 Å². The van der Waals surface area contributed by atoms with Crippen molar-refractivity contribution in [3.8, 4) is 0 Å². The lowest BCUT2D eigenvalue weighted by atomic mass is 10.2. The molecule has 2 heterocycles. The minimum atomic E-state index is -0.451. The average Bonchev–Trinajstić information content (AvgIpc) is 3.26. The normalized spacial score (nSPS) is 11.8. The summed E-state index contributed by atoms with van der Waals surface area (Å²) in [6, 6.07) is 10.2. The number of nitrogens with zero attached hydrogens (tertiary/aromatic N) is 2. The fourth-order valence-electron chi connectivity index (χ4n) is 2.22. The van der Waals surface area contributed by atoms with Crippen LogP contribution in [0.4, 0.5) is 5.69 Å². The summed E-state index contributed by atoms with van der Waals surface area (Å²) in [4.78, 5) is 24.4. The topological polar surface area (TPSA) is 97.1 Å².